The molecule has 3 rings (SSSR count). The maximum Gasteiger partial charge on any atom is 0.192 e. The van der Waals surface area contributed by atoms with Gasteiger partial charge in [0.2, 0.25) is 0 Å². The molecule has 29 heavy (non-hydrogen) atoms. The third-order valence-corrected chi connectivity index (χ3v) is 5.67. The predicted molar refractivity (Wildman–Crippen MR) is 124 cm³/mol. The average molecular weight is 515 g/mol. The van der Waals surface area contributed by atoms with E-state index in [0.29, 0.717) is 25.0 Å². The Morgan fingerprint density at radius 1 is 1.28 bits per heavy atom. The van der Waals surface area contributed by atoms with Crippen LogP contribution in [0.2, 0.25) is 0 Å². The molecule has 2 heterocycles. The molecule has 0 saturated heterocycles. The smallest absolute Gasteiger partial charge is 0.192 e. The Morgan fingerprint density at radius 2 is 2.00 bits per heavy atom. The van der Waals surface area contributed by atoms with Crippen molar-refractivity contribution in [3.05, 3.63) is 29.2 Å². The molecule has 0 atom stereocenters. The van der Waals surface area contributed by atoms with Gasteiger partial charge in [0.25, 0.3) is 0 Å². The van der Waals surface area contributed by atoms with E-state index in [2.05, 4.69) is 45.9 Å². The Bertz CT molecular complexity index is 776. The number of aryl methyl sites for hydroxylation is 1. The molecule has 2 aromatic heterocycles. The summed E-state index contributed by atoms with van der Waals surface area (Å²) in [6, 6.07) is 2.53. The molecule has 1 aliphatic rings. The van der Waals surface area contributed by atoms with E-state index in [1.165, 1.54) is 25.7 Å². The van der Waals surface area contributed by atoms with Crippen molar-refractivity contribution in [2.75, 3.05) is 0 Å². The van der Waals surface area contributed by atoms with Gasteiger partial charge in [0.1, 0.15) is 12.4 Å². The Hall–Kier alpha value is -1.65. The van der Waals surface area contributed by atoms with Crippen molar-refractivity contribution < 1.29 is 4.52 Å². The third-order valence-electron chi connectivity index (χ3n) is 5.67. The molecule has 0 amide bonds. The molecule has 0 aromatic carbocycles. The number of aliphatic imine (C=N–C) groups is 1. The van der Waals surface area contributed by atoms with E-state index in [0.717, 1.165) is 41.9 Å². The minimum atomic E-state index is 0. The highest BCUT2D eigenvalue weighted by atomic mass is 127. The summed E-state index contributed by atoms with van der Waals surface area (Å²) in [6.07, 6.45) is 7.06. The first-order valence-electron chi connectivity index (χ1n) is 10.5. The minimum Gasteiger partial charge on any atom is -0.359 e. The van der Waals surface area contributed by atoms with Crippen LogP contribution in [0.3, 0.4) is 0 Å². The summed E-state index contributed by atoms with van der Waals surface area (Å²) in [4.78, 5) is 4.73. The van der Waals surface area contributed by atoms with Crippen molar-refractivity contribution in [1.82, 2.24) is 30.6 Å². The summed E-state index contributed by atoms with van der Waals surface area (Å²) in [7, 11) is 1.96. The fraction of sp³-hybridized carbons (Fsp3) is 0.700. The molecular weight excluding hydrogens is 481 g/mol. The van der Waals surface area contributed by atoms with Gasteiger partial charge in [0.15, 0.2) is 17.5 Å². The molecule has 2 N–H and O–H groups in total. The molecule has 1 saturated carbocycles. The van der Waals surface area contributed by atoms with Crippen molar-refractivity contribution in [1.29, 1.82) is 0 Å². The SMILES string of the molecule is CCC(CC)c1cc(CNC(=NCc2nnc(C)n2C)NC2CCCC2)on1.I. The molecule has 0 radical (unpaired) electrons. The largest absolute Gasteiger partial charge is 0.359 e. The van der Waals surface area contributed by atoms with Gasteiger partial charge in [-0.1, -0.05) is 31.8 Å². The second-order valence-corrected chi connectivity index (χ2v) is 7.60. The van der Waals surface area contributed by atoms with Crippen LogP contribution in [0.4, 0.5) is 0 Å². The lowest BCUT2D eigenvalue weighted by Gasteiger charge is -2.16. The molecule has 0 unspecified atom stereocenters. The quantitative estimate of drug-likeness (QED) is 0.316. The summed E-state index contributed by atoms with van der Waals surface area (Å²) in [5, 5.41) is 19.5. The van der Waals surface area contributed by atoms with Crippen molar-refractivity contribution in [3.63, 3.8) is 0 Å². The van der Waals surface area contributed by atoms with Gasteiger partial charge in [-0.25, -0.2) is 4.99 Å². The second-order valence-electron chi connectivity index (χ2n) is 7.60. The molecule has 2 aromatic rings. The van der Waals surface area contributed by atoms with Crippen LogP contribution in [0.25, 0.3) is 0 Å². The van der Waals surface area contributed by atoms with Crippen LogP contribution in [-0.4, -0.2) is 31.9 Å². The van der Waals surface area contributed by atoms with Gasteiger partial charge in [-0.2, -0.15) is 0 Å². The van der Waals surface area contributed by atoms with Crippen LogP contribution in [0.5, 0.6) is 0 Å². The summed E-state index contributed by atoms with van der Waals surface area (Å²) >= 11 is 0. The minimum absolute atomic E-state index is 0. The topological polar surface area (TPSA) is 93.2 Å². The molecule has 1 fully saturated rings. The van der Waals surface area contributed by atoms with Gasteiger partial charge < -0.3 is 19.7 Å². The zero-order chi connectivity index (χ0) is 19.9. The van der Waals surface area contributed by atoms with Gasteiger partial charge in [0, 0.05) is 25.1 Å². The molecule has 0 aliphatic heterocycles. The summed E-state index contributed by atoms with van der Waals surface area (Å²) < 4.78 is 7.50. The van der Waals surface area contributed by atoms with Crippen molar-refractivity contribution in [2.24, 2.45) is 12.0 Å². The van der Waals surface area contributed by atoms with E-state index >= 15 is 0 Å². The third kappa shape index (κ3) is 6.42. The monoisotopic (exact) mass is 515 g/mol. The number of aromatic nitrogens is 4. The van der Waals surface area contributed by atoms with E-state index in [-0.39, 0.29) is 24.0 Å². The van der Waals surface area contributed by atoms with Crippen LogP contribution in [0.1, 0.15) is 81.4 Å². The number of halogens is 1. The van der Waals surface area contributed by atoms with Crippen LogP contribution in [0.15, 0.2) is 15.6 Å². The molecule has 0 spiro atoms. The highest BCUT2D eigenvalue weighted by Gasteiger charge is 2.17. The zero-order valence-electron chi connectivity index (χ0n) is 17.9. The maximum absolute atomic E-state index is 5.53. The molecule has 162 valence electrons. The lowest BCUT2D eigenvalue weighted by molar-refractivity contribution is 0.367. The predicted octanol–water partition coefficient (Wildman–Crippen LogP) is 3.81. The highest BCUT2D eigenvalue weighted by Crippen LogP contribution is 2.22. The number of rotatable bonds is 8. The van der Waals surface area contributed by atoms with E-state index < -0.39 is 0 Å². The normalized spacial score (nSPS) is 15.0. The lowest BCUT2D eigenvalue weighted by atomic mass is 9.99. The van der Waals surface area contributed by atoms with E-state index in [1.54, 1.807) is 0 Å². The first kappa shape index (κ1) is 23.6. The van der Waals surface area contributed by atoms with Crippen LogP contribution < -0.4 is 10.6 Å². The van der Waals surface area contributed by atoms with Crippen molar-refractivity contribution >= 4 is 29.9 Å². The number of nitrogens with one attached hydrogen (secondary N) is 2. The van der Waals surface area contributed by atoms with Gasteiger partial charge >= 0.3 is 0 Å². The Morgan fingerprint density at radius 3 is 2.62 bits per heavy atom. The standard InChI is InChI=1S/C20H33N7O.HI/c1-5-15(6-2)18-11-17(28-26-18)12-21-20(23-16-9-7-8-10-16)22-13-19-25-24-14(3)27(19)4;/h11,15-16H,5-10,12-13H2,1-4H3,(H2,21,22,23);1H. The fourth-order valence-electron chi connectivity index (χ4n) is 3.64. The van der Waals surface area contributed by atoms with Crippen LogP contribution in [-0.2, 0) is 20.1 Å². The average Bonchev–Trinajstić information content (AvgIpc) is 3.43. The lowest BCUT2D eigenvalue weighted by Crippen LogP contribution is -2.42. The first-order chi connectivity index (χ1) is 13.6. The number of guanidine groups is 1. The molecule has 0 bridgehead atoms. The van der Waals surface area contributed by atoms with E-state index in [9.17, 15) is 0 Å². The molecular formula is C20H34IN7O. The van der Waals surface area contributed by atoms with Gasteiger partial charge in [-0.15, -0.1) is 34.2 Å². The van der Waals surface area contributed by atoms with Crippen molar-refractivity contribution in [3.8, 4) is 0 Å². The number of nitrogens with zero attached hydrogens (tertiary/aromatic N) is 5. The molecule has 9 heteroatoms. The Kier molecular flexibility index (Phi) is 9.38. The zero-order valence-corrected chi connectivity index (χ0v) is 20.3. The maximum atomic E-state index is 5.53. The van der Waals surface area contributed by atoms with Gasteiger partial charge in [0.05, 0.1) is 12.2 Å². The summed E-state index contributed by atoms with van der Waals surface area (Å²) in [5.41, 5.74) is 1.04. The number of hydrogen-bond acceptors (Lipinski definition) is 5. The van der Waals surface area contributed by atoms with E-state index in [4.69, 9.17) is 9.52 Å². The summed E-state index contributed by atoms with van der Waals surface area (Å²) in [5.74, 6) is 3.81. The Balaban J connectivity index is 0.00000300. The van der Waals surface area contributed by atoms with Crippen LogP contribution in [0, 0.1) is 6.92 Å². The fourth-order valence-corrected chi connectivity index (χ4v) is 3.64. The van der Waals surface area contributed by atoms with Crippen LogP contribution >= 0.6 is 24.0 Å². The second kappa shape index (κ2) is 11.5. The van der Waals surface area contributed by atoms with Gasteiger partial charge in [-0.3, -0.25) is 0 Å². The summed E-state index contributed by atoms with van der Waals surface area (Å²) in [6.45, 7) is 7.35. The molecule has 1 aliphatic carbocycles. The van der Waals surface area contributed by atoms with E-state index in [1.807, 2.05) is 18.5 Å². The highest BCUT2D eigenvalue weighted by molar-refractivity contribution is 14.0. The molecule has 8 nitrogen and oxygen atoms in total. The number of hydrogen-bond donors (Lipinski definition) is 2. The first-order valence-corrected chi connectivity index (χ1v) is 10.5. The Labute approximate surface area is 190 Å². The van der Waals surface area contributed by atoms with Gasteiger partial charge in [-0.05, 0) is 32.6 Å². The van der Waals surface area contributed by atoms with Crippen molar-refractivity contribution in [2.45, 2.75) is 84.3 Å².